The zero-order valence-electron chi connectivity index (χ0n) is 12.6. The average molecular weight is 267 g/mol. The lowest BCUT2D eigenvalue weighted by atomic mass is 9.96. The smallest absolute Gasteiger partial charge is 0.134 e. The summed E-state index contributed by atoms with van der Waals surface area (Å²) >= 11 is 0. The highest BCUT2D eigenvalue weighted by molar-refractivity contribution is 5.71. The van der Waals surface area contributed by atoms with Crippen molar-refractivity contribution in [3.8, 4) is 11.3 Å². The molecule has 1 heterocycles. The molecule has 20 heavy (non-hydrogen) atoms. The van der Waals surface area contributed by atoms with Crippen LogP contribution in [0.5, 0.6) is 0 Å². The van der Waals surface area contributed by atoms with Gasteiger partial charge in [0.25, 0.3) is 0 Å². The quantitative estimate of drug-likeness (QED) is 0.899. The second kappa shape index (κ2) is 4.58. The van der Waals surface area contributed by atoms with E-state index >= 15 is 0 Å². The molecule has 1 fully saturated rings. The van der Waals surface area contributed by atoms with Gasteiger partial charge in [0.15, 0.2) is 0 Å². The van der Waals surface area contributed by atoms with E-state index < -0.39 is 0 Å². The molecule has 1 aromatic heterocycles. The van der Waals surface area contributed by atoms with Crippen LogP contribution in [0.4, 0.5) is 5.82 Å². The standard InChI is InChI=1S/C17H21N3/c1-9-7-11(3)14(8-10(9)2)15-12(4)16(18)20-17(19-15)13-5-6-13/h7-8,13H,5-6H2,1-4H3,(H2,18,19,20). The van der Waals surface area contributed by atoms with E-state index in [1.807, 2.05) is 6.92 Å². The molecule has 3 nitrogen and oxygen atoms in total. The van der Waals surface area contributed by atoms with E-state index in [1.165, 1.54) is 35.1 Å². The van der Waals surface area contributed by atoms with Crippen LogP contribution in [0, 0.1) is 27.7 Å². The fourth-order valence-corrected chi connectivity index (χ4v) is 2.55. The minimum absolute atomic E-state index is 0.517. The highest BCUT2D eigenvalue weighted by Gasteiger charge is 2.28. The van der Waals surface area contributed by atoms with Gasteiger partial charge in [0.1, 0.15) is 11.6 Å². The van der Waals surface area contributed by atoms with E-state index in [2.05, 4.69) is 37.9 Å². The predicted molar refractivity (Wildman–Crippen MR) is 82.8 cm³/mol. The molecular weight excluding hydrogens is 246 g/mol. The first-order valence-electron chi connectivity index (χ1n) is 7.19. The van der Waals surface area contributed by atoms with Crippen LogP contribution in [0.3, 0.4) is 0 Å². The lowest BCUT2D eigenvalue weighted by Crippen LogP contribution is -2.05. The zero-order valence-corrected chi connectivity index (χ0v) is 12.6. The number of benzene rings is 1. The highest BCUT2D eigenvalue weighted by Crippen LogP contribution is 2.40. The molecule has 2 aromatic rings. The molecule has 3 heteroatoms. The number of nitrogens with two attached hydrogens (primary N) is 1. The summed E-state index contributed by atoms with van der Waals surface area (Å²) in [5, 5.41) is 0. The van der Waals surface area contributed by atoms with Gasteiger partial charge in [-0.15, -0.1) is 0 Å². The van der Waals surface area contributed by atoms with Gasteiger partial charge in [0.05, 0.1) is 5.69 Å². The first-order valence-corrected chi connectivity index (χ1v) is 7.19. The van der Waals surface area contributed by atoms with Crippen LogP contribution in [-0.2, 0) is 0 Å². The molecule has 0 saturated heterocycles. The van der Waals surface area contributed by atoms with Gasteiger partial charge in [-0.2, -0.15) is 0 Å². The molecule has 1 aliphatic rings. The number of anilines is 1. The molecule has 0 aliphatic heterocycles. The van der Waals surface area contributed by atoms with Gasteiger partial charge < -0.3 is 5.73 Å². The molecule has 0 amide bonds. The van der Waals surface area contributed by atoms with Crippen LogP contribution >= 0.6 is 0 Å². The number of hydrogen-bond acceptors (Lipinski definition) is 3. The molecule has 1 aliphatic carbocycles. The SMILES string of the molecule is Cc1cc(C)c(-c2nc(C3CC3)nc(N)c2C)cc1C. The largest absolute Gasteiger partial charge is 0.383 e. The van der Waals surface area contributed by atoms with Crippen molar-refractivity contribution in [1.82, 2.24) is 9.97 Å². The zero-order chi connectivity index (χ0) is 14.4. The van der Waals surface area contributed by atoms with Crippen LogP contribution in [0.2, 0.25) is 0 Å². The Morgan fingerprint density at radius 1 is 0.950 bits per heavy atom. The predicted octanol–water partition coefficient (Wildman–Crippen LogP) is 3.84. The summed E-state index contributed by atoms with van der Waals surface area (Å²) in [7, 11) is 0. The summed E-state index contributed by atoms with van der Waals surface area (Å²) in [6.07, 6.45) is 2.38. The minimum Gasteiger partial charge on any atom is -0.383 e. The number of hydrogen-bond donors (Lipinski definition) is 1. The van der Waals surface area contributed by atoms with Gasteiger partial charge in [-0.25, -0.2) is 9.97 Å². The van der Waals surface area contributed by atoms with E-state index in [4.69, 9.17) is 10.7 Å². The first kappa shape index (κ1) is 13.1. The van der Waals surface area contributed by atoms with Gasteiger partial charge in [-0.1, -0.05) is 6.07 Å². The van der Waals surface area contributed by atoms with Gasteiger partial charge >= 0.3 is 0 Å². The van der Waals surface area contributed by atoms with Crippen molar-refractivity contribution in [2.45, 2.75) is 46.5 Å². The lowest BCUT2D eigenvalue weighted by Gasteiger charge is -2.14. The van der Waals surface area contributed by atoms with E-state index in [0.717, 1.165) is 17.1 Å². The van der Waals surface area contributed by atoms with Gasteiger partial charge in [0.2, 0.25) is 0 Å². The van der Waals surface area contributed by atoms with Crippen molar-refractivity contribution in [2.24, 2.45) is 0 Å². The fraction of sp³-hybridized carbons (Fsp3) is 0.412. The van der Waals surface area contributed by atoms with Crippen molar-refractivity contribution in [1.29, 1.82) is 0 Å². The van der Waals surface area contributed by atoms with Crippen molar-refractivity contribution >= 4 is 5.82 Å². The number of aromatic nitrogens is 2. The number of rotatable bonds is 2. The van der Waals surface area contributed by atoms with E-state index in [-0.39, 0.29) is 0 Å². The summed E-state index contributed by atoms with van der Waals surface area (Å²) in [5.41, 5.74) is 13.1. The monoisotopic (exact) mass is 267 g/mol. The molecule has 0 radical (unpaired) electrons. The van der Waals surface area contributed by atoms with Gasteiger partial charge in [-0.3, -0.25) is 0 Å². The molecule has 3 rings (SSSR count). The molecule has 2 N–H and O–H groups in total. The second-order valence-electron chi connectivity index (χ2n) is 5.97. The Balaban J connectivity index is 2.20. The maximum absolute atomic E-state index is 6.09. The van der Waals surface area contributed by atoms with Gasteiger partial charge in [0, 0.05) is 17.0 Å². The molecule has 0 bridgehead atoms. The van der Waals surface area contributed by atoms with Crippen molar-refractivity contribution < 1.29 is 0 Å². The van der Waals surface area contributed by atoms with E-state index in [9.17, 15) is 0 Å². The Morgan fingerprint density at radius 3 is 2.25 bits per heavy atom. The lowest BCUT2D eigenvalue weighted by molar-refractivity contribution is 0.927. The highest BCUT2D eigenvalue weighted by atomic mass is 15.0. The van der Waals surface area contributed by atoms with E-state index in [1.54, 1.807) is 0 Å². The topological polar surface area (TPSA) is 51.8 Å². The van der Waals surface area contributed by atoms with Crippen molar-refractivity contribution in [3.63, 3.8) is 0 Å². The summed E-state index contributed by atoms with van der Waals surface area (Å²) in [5.74, 6) is 2.05. The second-order valence-corrected chi connectivity index (χ2v) is 5.97. The molecule has 0 atom stereocenters. The van der Waals surface area contributed by atoms with Crippen LogP contribution in [0.1, 0.15) is 46.8 Å². The Bertz CT molecular complexity index is 685. The van der Waals surface area contributed by atoms with Crippen LogP contribution < -0.4 is 5.73 Å². The normalized spacial score (nSPS) is 14.6. The first-order chi connectivity index (χ1) is 9.47. The average Bonchev–Trinajstić information content (AvgIpc) is 3.21. The van der Waals surface area contributed by atoms with Crippen LogP contribution in [-0.4, -0.2) is 9.97 Å². The minimum atomic E-state index is 0.517. The van der Waals surface area contributed by atoms with Crippen LogP contribution in [0.15, 0.2) is 12.1 Å². The molecule has 0 unspecified atom stereocenters. The maximum Gasteiger partial charge on any atom is 0.134 e. The number of nitrogen functional groups attached to an aromatic ring is 1. The third-order valence-corrected chi connectivity index (χ3v) is 4.24. The Kier molecular flexibility index (Phi) is 3.00. The number of nitrogens with zero attached hydrogens (tertiary/aromatic N) is 2. The van der Waals surface area contributed by atoms with E-state index in [0.29, 0.717) is 11.7 Å². The summed E-state index contributed by atoms with van der Waals surface area (Å²) in [6, 6.07) is 4.44. The van der Waals surface area contributed by atoms with Gasteiger partial charge in [-0.05, 0) is 63.3 Å². The maximum atomic E-state index is 6.09. The summed E-state index contributed by atoms with van der Waals surface area (Å²) < 4.78 is 0. The Morgan fingerprint density at radius 2 is 1.60 bits per heavy atom. The fourth-order valence-electron chi connectivity index (χ4n) is 2.55. The Hall–Kier alpha value is -1.90. The van der Waals surface area contributed by atoms with Crippen LogP contribution in [0.25, 0.3) is 11.3 Å². The molecule has 104 valence electrons. The van der Waals surface area contributed by atoms with Crippen molar-refractivity contribution in [2.75, 3.05) is 5.73 Å². The third kappa shape index (κ3) is 2.17. The summed E-state index contributed by atoms with van der Waals surface area (Å²) in [4.78, 5) is 9.26. The molecule has 1 aromatic carbocycles. The third-order valence-electron chi connectivity index (χ3n) is 4.24. The molecule has 0 spiro atoms. The molecule has 1 saturated carbocycles. The Labute approximate surface area is 120 Å². The molecular formula is C17H21N3. The summed E-state index contributed by atoms with van der Waals surface area (Å²) in [6.45, 7) is 8.43. The number of aryl methyl sites for hydroxylation is 3. The van der Waals surface area contributed by atoms with Crippen molar-refractivity contribution in [3.05, 3.63) is 40.2 Å².